The Morgan fingerprint density at radius 2 is 1.27 bits per heavy atom. The molecule has 1 atom stereocenters. The second-order valence-corrected chi connectivity index (χ2v) is 20.4. The number of alkyl carbamates (subject to hydrolysis) is 1. The van der Waals surface area contributed by atoms with Crippen LogP contribution < -0.4 is 20.3 Å². The summed E-state index contributed by atoms with van der Waals surface area (Å²) in [7, 11) is 0. The van der Waals surface area contributed by atoms with Gasteiger partial charge in [0.15, 0.2) is 5.13 Å². The summed E-state index contributed by atoms with van der Waals surface area (Å²) in [4.78, 5) is 92.3. The lowest BCUT2D eigenvalue weighted by molar-refractivity contribution is -0.170. The molecule has 22 heteroatoms. The van der Waals surface area contributed by atoms with E-state index in [9.17, 15) is 33.9 Å². The summed E-state index contributed by atoms with van der Waals surface area (Å²) in [5, 5.41) is 20.2. The number of esters is 1. The number of aliphatic carboxylic acids is 1. The van der Waals surface area contributed by atoms with E-state index in [0.717, 1.165) is 11.3 Å². The number of imidazole rings is 1. The van der Waals surface area contributed by atoms with Gasteiger partial charge in [0, 0.05) is 30.2 Å². The van der Waals surface area contributed by atoms with E-state index >= 15 is 0 Å². The lowest BCUT2D eigenvalue weighted by Crippen LogP contribution is -2.45. The summed E-state index contributed by atoms with van der Waals surface area (Å²) >= 11 is 0.915. The molecule has 3 N–H and O–H groups in total. The molecule has 1 aromatic carbocycles. The van der Waals surface area contributed by atoms with Gasteiger partial charge in [-0.2, -0.15) is 0 Å². The molecular weight excluding hydrogens is 883 g/mol. The van der Waals surface area contributed by atoms with Gasteiger partial charge in [-0.3, -0.25) is 5.32 Å². The zero-order valence-electron chi connectivity index (χ0n) is 40.3. The first-order valence-electron chi connectivity index (χ1n) is 20.9. The van der Waals surface area contributed by atoms with Gasteiger partial charge in [-0.25, -0.2) is 38.7 Å². The Morgan fingerprint density at radius 1 is 0.742 bits per heavy atom. The van der Waals surface area contributed by atoms with Crippen molar-refractivity contribution in [2.75, 3.05) is 23.4 Å². The van der Waals surface area contributed by atoms with Crippen LogP contribution in [0.1, 0.15) is 116 Å². The van der Waals surface area contributed by atoms with Crippen LogP contribution in [0.3, 0.4) is 0 Å². The highest BCUT2D eigenvalue weighted by molar-refractivity contribution is 7.14. The van der Waals surface area contributed by atoms with E-state index in [1.165, 1.54) is 5.38 Å². The highest BCUT2D eigenvalue weighted by Crippen LogP contribution is 2.29. The summed E-state index contributed by atoms with van der Waals surface area (Å²) in [5.74, 6) is -2.31. The van der Waals surface area contributed by atoms with Crippen LogP contribution in [0, 0.1) is 0 Å². The number of hydrogen-bond acceptors (Lipinski definition) is 17. The SMILES string of the molecule is CC(C)(C)OC(=O)NCCCn1cc(-c2ccc(OCC(O/N=C(\C(=O)O)c3csc(NC(=O)OC(C)(C)C)n3)C(=O)OC(C)(C)C)cc2)nc1N(C(=O)OC(C)(C)C)C(=O)OC(C)(C)C. The van der Waals surface area contributed by atoms with E-state index in [1.54, 1.807) is 139 Å². The summed E-state index contributed by atoms with van der Waals surface area (Å²) in [6.45, 7) is 24.9. The number of carbonyl (C=O) groups is 6. The smallest absolute Gasteiger partial charge is 0.427 e. The summed E-state index contributed by atoms with van der Waals surface area (Å²) in [5.41, 5.74) is -4.43. The number of hydrogen-bond donors (Lipinski definition) is 3. The van der Waals surface area contributed by atoms with E-state index in [0.29, 0.717) is 22.6 Å². The van der Waals surface area contributed by atoms with Crippen molar-refractivity contribution >= 4 is 64.4 Å². The second-order valence-electron chi connectivity index (χ2n) is 19.6. The van der Waals surface area contributed by atoms with Crippen LogP contribution in [-0.2, 0) is 44.7 Å². The number of oxime groups is 1. The predicted octanol–water partition coefficient (Wildman–Crippen LogP) is 8.54. The fraction of sp³-hybridized carbons (Fsp3) is 0.568. The van der Waals surface area contributed by atoms with E-state index < -0.39 is 82.7 Å². The van der Waals surface area contributed by atoms with Gasteiger partial charge in [0.05, 0.1) is 5.69 Å². The number of nitrogens with zero attached hydrogens (tertiary/aromatic N) is 5. The first-order valence-corrected chi connectivity index (χ1v) is 21.8. The van der Waals surface area contributed by atoms with Gasteiger partial charge in [0.1, 0.15) is 46.1 Å². The first-order chi connectivity index (χ1) is 30.2. The Balaban J connectivity index is 1.93. The Labute approximate surface area is 388 Å². The van der Waals surface area contributed by atoms with Crippen molar-refractivity contribution in [3.63, 3.8) is 0 Å². The van der Waals surface area contributed by atoms with Gasteiger partial charge in [0.2, 0.25) is 11.7 Å². The van der Waals surface area contributed by atoms with Gasteiger partial charge in [0.25, 0.3) is 6.10 Å². The largest absolute Gasteiger partial charge is 0.489 e. The van der Waals surface area contributed by atoms with Gasteiger partial charge < -0.3 is 48.2 Å². The van der Waals surface area contributed by atoms with Crippen LogP contribution in [-0.4, -0.2) is 109 Å². The van der Waals surface area contributed by atoms with Crippen LogP contribution in [0.25, 0.3) is 11.3 Å². The number of nitrogens with one attached hydrogen (secondary N) is 2. The number of carboxylic acid groups (broad SMARTS) is 1. The summed E-state index contributed by atoms with van der Waals surface area (Å²) in [6, 6.07) is 6.39. The summed E-state index contributed by atoms with van der Waals surface area (Å²) < 4.78 is 34.7. The highest BCUT2D eigenvalue weighted by atomic mass is 32.1. The third-order valence-electron chi connectivity index (χ3n) is 7.40. The fourth-order valence-corrected chi connectivity index (χ4v) is 5.72. The van der Waals surface area contributed by atoms with Crippen molar-refractivity contribution in [3.05, 3.63) is 41.5 Å². The van der Waals surface area contributed by atoms with Gasteiger partial charge in [-0.1, -0.05) is 5.16 Å². The van der Waals surface area contributed by atoms with Crippen LogP contribution in [0.5, 0.6) is 5.75 Å². The van der Waals surface area contributed by atoms with Crippen molar-refractivity contribution in [3.8, 4) is 17.0 Å². The van der Waals surface area contributed by atoms with Crippen LogP contribution in [0.4, 0.5) is 30.3 Å². The minimum atomic E-state index is -1.56. The van der Waals surface area contributed by atoms with Crippen LogP contribution >= 0.6 is 11.3 Å². The lowest BCUT2D eigenvalue weighted by atomic mass is 10.1. The number of amides is 4. The third-order valence-corrected chi connectivity index (χ3v) is 8.16. The molecule has 66 heavy (non-hydrogen) atoms. The molecule has 3 rings (SSSR count). The number of carboxylic acids is 1. The second kappa shape index (κ2) is 21.7. The molecule has 0 aliphatic carbocycles. The molecule has 364 valence electrons. The highest BCUT2D eigenvalue weighted by Gasteiger charge is 2.36. The van der Waals surface area contributed by atoms with Gasteiger partial charge in [-0.15, -0.1) is 16.2 Å². The van der Waals surface area contributed by atoms with Crippen molar-refractivity contribution in [2.45, 2.75) is 151 Å². The Bertz CT molecular complexity index is 2190. The van der Waals surface area contributed by atoms with E-state index in [-0.39, 0.29) is 35.6 Å². The molecule has 0 aliphatic rings. The molecule has 21 nitrogen and oxygen atoms in total. The van der Waals surface area contributed by atoms with Crippen molar-refractivity contribution in [1.82, 2.24) is 19.9 Å². The van der Waals surface area contributed by atoms with Crippen LogP contribution in [0.15, 0.2) is 41.0 Å². The molecule has 0 radical (unpaired) electrons. The molecule has 0 spiro atoms. The predicted molar refractivity (Wildman–Crippen MR) is 244 cm³/mol. The zero-order chi connectivity index (χ0) is 50.0. The standard InChI is InChI=1S/C44H63N7O14S/c1-40(2,3)60-33(54)30(65-49-31(32(52)53)29-25-66-34(46-29)48-37(56)62-42(7,8)9)24-59-27-19-17-26(18-20-27)28-23-50(22-16-21-45-36(55)61-41(4,5)6)35(47-28)51(38(57)63-43(10,11)12)39(58)64-44(13,14)15/h17-20,23,25,30H,16,21-22,24H2,1-15H3,(H,45,55)(H,52,53)(H,46,48,56)/b49-31-. The Kier molecular flexibility index (Phi) is 17.7. The maximum atomic E-state index is 13.7. The van der Waals surface area contributed by atoms with Crippen molar-refractivity contribution in [1.29, 1.82) is 0 Å². The molecular formula is C44H63N7O14S. The topological polar surface area (TPSA) is 258 Å². The molecule has 4 amide bonds. The maximum absolute atomic E-state index is 13.7. The minimum Gasteiger partial charge on any atom is -0.489 e. The minimum absolute atomic E-state index is 0.0302. The Morgan fingerprint density at radius 3 is 1.79 bits per heavy atom. The maximum Gasteiger partial charge on any atom is 0.427 e. The number of rotatable bonds is 15. The number of aryl methyl sites for hydroxylation is 1. The molecule has 0 aliphatic heterocycles. The van der Waals surface area contributed by atoms with Crippen molar-refractivity contribution < 1.29 is 67.1 Å². The van der Waals surface area contributed by atoms with Gasteiger partial charge in [-0.05, 0) is 135 Å². The molecule has 2 aromatic heterocycles. The number of carbonyl (C=O) groups excluding carboxylic acids is 5. The fourth-order valence-electron chi connectivity index (χ4n) is 5.04. The molecule has 3 aromatic rings. The Hall–Kier alpha value is -6.45. The number of ether oxygens (including phenoxy) is 6. The van der Waals surface area contributed by atoms with Crippen LogP contribution in [0.2, 0.25) is 0 Å². The molecule has 2 heterocycles. The molecule has 0 saturated carbocycles. The summed E-state index contributed by atoms with van der Waals surface area (Å²) in [6.07, 6.45) is -3.08. The number of imide groups is 1. The van der Waals surface area contributed by atoms with Crippen molar-refractivity contribution in [2.24, 2.45) is 5.16 Å². The number of thiazole rings is 1. The monoisotopic (exact) mass is 945 g/mol. The third kappa shape index (κ3) is 18.9. The van der Waals surface area contributed by atoms with E-state index in [4.69, 9.17) is 33.3 Å². The quantitative estimate of drug-likeness (QED) is 0.0424. The first kappa shape index (κ1) is 53.9. The number of aromatic nitrogens is 3. The van der Waals surface area contributed by atoms with Gasteiger partial charge >= 0.3 is 36.3 Å². The van der Waals surface area contributed by atoms with E-state index in [2.05, 4.69) is 25.8 Å². The normalized spacial score (nSPS) is 12.9. The molecule has 0 fully saturated rings. The molecule has 1 unspecified atom stereocenters. The zero-order valence-corrected chi connectivity index (χ0v) is 41.1. The van der Waals surface area contributed by atoms with E-state index in [1.807, 2.05) is 0 Å². The average Bonchev–Trinajstić information content (AvgIpc) is 3.75. The molecule has 0 bridgehead atoms. The average molecular weight is 946 g/mol. The number of benzene rings is 1. The number of anilines is 2. The molecule has 0 saturated heterocycles. The lowest BCUT2D eigenvalue weighted by Gasteiger charge is -2.28.